The highest BCUT2D eigenvalue weighted by Gasteiger charge is 2.12. The molecular weight excluding hydrogens is 252 g/mol. The van der Waals surface area contributed by atoms with Gasteiger partial charge in [-0.05, 0) is 23.6 Å². The molecule has 0 bridgehead atoms. The molecule has 2 nitrogen and oxygen atoms in total. The smallest absolute Gasteiger partial charge is 0.338 e. The minimum absolute atomic E-state index is 0.232. The van der Waals surface area contributed by atoms with E-state index in [9.17, 15) is 4.79 Å². The van der Waals surface area contributed by atoms with Gasteiger partial charge in [0.1, 0.15) is 6.61 Å². The topological polar surface area (TPSA) is 26.3 Å². The molecule has 0 aromatic heterocycles. The van der Waals surface area contributed by atoms with Gasteiger partial charge in [-0.1, -0.05) is 32.0 Å². The highest BCUT2D eigenvalue weighted by molar-refractivity contribution is 8.17. The molecular formula is C13H18O2S2. The van der Waals surface area contributed by atoms with Crippen LogP contribution in [0.3, 0.4) is 0 Å². The van der Waals surface area contributed by atoms with Crippen LogP contribution in [0.4, 0.5) is 0 Å². The summed E-state index contributed by atoms with van der Waals surface area (Å²) >= 11 is 3.65. The van der Waals surface area contributed by atoms with E-state index < -0.39 is 0 Å². The zero-order valence-corrected chi connectivity index (χ0v) is 11.9. The lowest BCUT2D eigenvalue weighted by Gasteiger charge is -2.14. The number of hydrogen-bond donors (Lipinski definition) is 0. The molecule has 1 rings (SSSR count). The average Bonchev–Trinajstić information content (AvgIpc) is 2.37. The van der Waals surface area contributed by atoms with Crippen molar-refractivity contribution in [3.63, 3.8) is 0 Å². The van der Waals surface area contributed by atoms with Crippen LogP contribution in [0.1, 0.15) is 24.2 Å². The first-order valence-electron chi connectivity index (χ1n) is 5.73. The summed E-state index contributed by atoms with van der Waals surface area (Å²) in [5.74, 6) is 1.85. The highest BCUT2D eigenvalue weighted by atomic mass is 32.2. The average molecular weight is 270 g/mol. The lowest BCUT2D eigenvalue weighted by molar-refractivity contribution is 0.0524. The molecule has 0 aliphatic heterocycles. The number of carbonyl (C=O) groups is 1. The third-order valence-electron chi connectivity index (χ3n) is 2.07. The zero-order chi connectivity index (χ0) is 12.5. The Morgan fingerprint density at radius 1 is 1.18 bits per heavy atom. The molecule has 0 fully saturated rings. The third kappa shape index (κ3) is 5.50. The second-order valence-corrected chi connectivity index (χ2v) is 6.56. The van der Waals surface area contributed by atoms with Gasteiger partial charge in [0.25, 0.3) is 0 Å². The van der Waals surface area contributed by atoms with Crippen LogP contribution < -0.4 is 0 Å². The van der Waals surface area contributed by atoms with Crippen LogP contribution in [0.15, 0.2) is 30.3 Å². The number of rotatable bonds is 7. The maximum absolute atomic E-state index is 11.7. The summed E-state index contributed by atoms with van der Waals surface area (Å²) in [6.45, 7) is 4.71. The minimum atomic E-state index is -0.232. The van der Waals surface area contributed by atoms with E-state index in [1.807, 2.05) is 41.7 Å². The zero-order valence-electron chi connectivity index (χ0n) is 10.2. The largest absolute Gasteiger partial charge is 0.460 e. The highest BCUT2D eigenvalue weighted by Crippen LogP contribution is 2.23. The van der Waals surface area contributed by atoms with Gasteiger partial charge in [0.05, 0.1) is 10.1 Å². The summed E-state index contributed by atoms with van der Waals surface area (Å²) in [7, 11) is 0. The van der Waals surface area contributed by atoms with Gasteiger partial charge in [0, 0.05) is 0 Å². The minimum Gasteiger partial charge on any atom is -0.460 e. The summed E-state index contributed by atoms with van der Waals surface area (Å²) in [4.78, 5) is 11.7. The molecule has 4 heteroatoms. The molecule has 0 saturated heterocycles. The molecule has 0 saturated carbocycles. The van der Waals surface area contributed by atoms with Crippen molar-refractivity contribution < 1.29 is 9.53 Å². The van der Waals surface area contributed by atoms with E-state index in [1.54, 1.807) is 12.1 Å². The molecule has 1 aromatic carbocycles. The fourth-order valence-corrected chi connectivity index (χ4v) is 3.59. The van der Waals surface area contributed by atoms with E-state index in [-0.39, 0.29) is 5.97 Å². The molecule has 17 heavy (non-hydrogen) atoms. The molecule has 0 atom stereocenters. The normalized spacial score (nSPS) is 10.5. The second-order valence-electron chi connectivity index (χ2n) is 3.30. The number of thioether (sulfide) groups is 2. The number of ether oxygens (including phenoxy) is 1. The second kappa shape index (κ2) is 8.48. The Balaban J connectivity index is 2.41. The summed E-state index contributed by atoms with van der Waals surface area (Å²) in [6.07, 6.45) is 0. The molecule has 0 amide bonds. The van der Waals surface area contributed by atoms with Crippen molar-refractivity contribution in [3.05, 3.63) is 35.9 Å². The number of hydrogen-bond acceptors (Lipinski definition) is 4. The van der Waals surface area contributed by atoms with Crippen molar-refractivity contribution in [1.29, 1.82) is 0 Å². The standard InChI is InChI=1S/C13H18O2S2/c1-3-16-12(17-4-2)10-15-13(14)11-8-6-5-7-9-11/h5-9,12H,3-4,10H2,1-2H3. The Bertz CT molecular complexity index is 321. The van der Waals surface area contributed by atoms with Gasteiger partial charge in [-0.25, -0.2) is 4.79 Å². The molecule has 0 N–H and O–H groups in total. The van der Waals surface area contributed by atoms with Gasteiger partial charge in [-0.3, -0.25) is 0 Å². The van der Waals surface area contributed by atoms with Gasteiger partial charge >= 0.3 is 5.97 Å². The molecule has 1 aromatic rings. The Labute approximate surface area is 112 Å². The van der Waals surface area contributed by atoms with Crippen molar-refractivity contribution >= 4 is 29.5 Å². The Kier molecular flexibility index (Phi) is 7.21. The molecule has 0 heterocycles. The van der Waals surface area contributed by atoms with Crippen LogP contribution in [-0.2, 0) is 4.74 Å². The quantitative estimate of drug-likeness (QED) is 0.558. The first kappa shape index (κ1) is 14.5. The van der Waals surface area contributed by atoms with Gasteiger partial charge in [-0.15, -0.1) is 23.5 Å². The number of benzene rings is 1. The van der Waals surface area contributed by atoms with Crippen molar-refractivity contribution in [2.75, 3.05) is 18.1 Å². The lowest BCUT2D eigenvalue weighted by atomic mass is 10.2. The molecule has 0 aliphatic carbocycles. The van der Waals surface area contributed by atoms with Crippen LogP contribution >= 0.6 is 23.5 Å². The van der Waals surface area contributed by atoms with Crippen LogP contribution in [-0.4, -0.2) is 28.7 Å². The fraction of sp³-hybridized carbons (Fsp3) is 0.462. The predicted molar refractivity (Wildman–Crippen MR) is 76.8 cm³/mol. The van der Waals surface area contributed by atoms with Crippen molar-refractivity contribution in [1.82, 2.24) is 0 Å². The van der Waals surface area contributed by atoms with E-state index in [4.69, 9.17) is 4.74 Å². The van der Waals surface area contributed by atoms with Gasteiger partial charge in [0.2, 0.25) is 0 Å². The molecule has 0 unspecified atom stereocenters. The van der Waals surface area contributed by atoms with Crippen molar-refractivity contribution in [2.45, 2.75) is 18.4 Å². The van der Waals surface area contributed by atoms with Crippen LogP contribution in [0.25, 0.3) is 0 Å². The maximum atomic E-state index is 11.7. The predicted octanol–water partition coefficient (Wildman–Crippen LogP) is 3.68. The monoisotopic (exact) mass is 270 g/mol. The Morgan fingerprint density at radius 3 is 2.29 bits per heavy atom. The van der Waals surface area contributed by atoms with E-state index in [0.29, 0.717) is 16.8 Å². The summed E-state index contributed by atoms with van der Waals surface area (Å²) in [5.41, 5.74) is 0.620. The Morgan fingerprint density at radius 2 is 1.76 bits per heavy atom. The van der Waals surface area contributed by atoms with E-state index in [0.717, 1.165) is 11.5 Å². The van der Waals surface area contributed by atoms with Crippen LogP contribution in [0, 0.1) is 0 Å². The molecule has 0 spiro atoms. The Hall–Kier alpha value is -0.610. The van der Waals surface area contributed by atoms with Gasteiger partial charge in [-0.2, -0.15) is 0 Å². The SMILES string of the molecule is CCSC(COC(=O)c1ccccc1)SCC. The molecule has 0 radical (unpaired) electrons. The maximum Gasteiger partial charge on any atom is 0.338 e. The summed E-state index contributed by atoms with van der Waals surface area (Å²) in [5, 5.41) is 0. The number of carbonyl (C=O) groups excluding carboxylic acids is 1. The van der Waals surface area contributed by atoms with Crippen molar-refractivity contribution in [3.8, 4) is 0 Å². The lowest BCUT2D eigenvalue weighted by Crippen LogP contribution is -2.14. The van der Waals surface area contributed by atoms with E-state index >= 15 is 0 Å². The third-order valence-corrected chi connectivity index (χ3v) is 4.56. The summed E-state index contributed by atoms with van der Waals surface area (Å²) in [6, 6.07) is 9.12. The molecule has 94 valence electrons. The van der Waals surface area contributed by atoms with Crippen molar-refractivity contribution in [2.24, 2.45) is 0 Å². The first-order valence-corrected chi connectivity index (χ1v) is 7.83. The van der Waals surface area contributed by atoms with Gasteiger partial charge in [0.15, 0.2) is 0 Å². The van der Waals surface area contributed by atoms with E-state index in [1.165, 1.54) is 0 Å². The van der Waals surface area contributed by atoms with Crippen LogP contribution in [0.5, 0.6) is 0 Å². The number of esters is 1. The first-order chi connectivity index (χ1) is 8.27. The van der Waals surface area contributed by atoms with E-state index in [2.05, 4.69) is 13.8 Å². The molecule has 0 aliphatic rings. The van der Waals surface area contributed by atoms with Crippen LogP contribution in [0.2, 0.25) is 0 Å². The summed E-state index contributed by atoms with van der Waals surface area (Å²) < 4.78 is 5.66. The van der Waals surface area contributed by atoms with Gasteiger partial charge < -0.3 is 4.74 Å². The fourth-order valence-electron chi connectivity index (χ4n) is 1.32.